The molecule has 0 bridgehead atoms. The molecule has 3 N–H and O–H groups in total. The van der Waals surface area contributed by atoms with Crippen LogP contribution in [0, 0.1) is 0 Å². The van der Waals surface area contributed by atoms with E-state index >= 15 is 0 Å². The minimum absolute atomic E-state index is 0. The Hall–Kier alpha value is -2.35. The second kappa shape index (κ2) is 7.26. The zero-order valence-corrected chi connectivity index (χ0v) is 14.8. The number of amides is 4. The van der Waals surface area contributed by atoms with Crippen molar-refractivity contribution in [2.75, 3.05) is 24.6 Å². The smallest absolute Gasteiger partial charge is 0.327 e. The van der Waals surface area contributed by atoms with Crippen LogP contribution in [0.15, 0.2) is 18.3 Å². The molecule has 1 aromatic heterocycles. The van der Waals surface area contributed by atoms with Crippen molar-refractivity contribution in [3.8, 4) is 0 Å². The number of nitrogens with two attached hydrogens (primary N) is 1. The molecular weight excluding hydrogens is 346 g/mol. The zero-order valence-electron chi connectivity index (χ0n) is 14.0. The summed E-state index contributed by atoms with van der Waals surface area (Å²) in [5.41, 5.74) is 5.19. The Morgan fingerprint density at radius 2 is 1.96 bits per heavy atom. The quantitative estimate of drug-likeness (QED) is 0.789. The predicted octanol–water partition coefficient (Wildman–Crippen LogP) is 1.62. The highest BCUT2D eigenvalue weighted by atomic mass is 35.5. The van der Waals surface area contributed by atoms with Crippen molar-refractivity contribution in [1.82, 2.24) is 14.8 Å². The molecule has 0 unspecified atom stereocenters. The van der Waals surface area contributed by atoms with Gasteiger partial charge in [-0.3, -0.25) is 14.5 Å². The van der Waals surface area contributed by atoms with Crippen LogP contribution in [0.25, 0.3) is 0 Å². The number of imide groups is 1. The number of pyridine rings is 1. The standard InChI is InChI=1S/C16H21N5O3.ClH/c1-20-15(24)21(14(23)16(20)7-3-2-4-8-16)10-13(22)19-11-5-6-12(17)18-9-11;/h5-6,9H,2-4,7-8,10H2,1H3,(H2,17,18)(H,19,22);1H. The first-order valence-electron chi connectivity index (χ1n) is 8.05. The summed E-state index contributed by atoms with van der Waals surface area (Å²) in [6.07, 6.45) is 5.65. The van der Waals surface area contributed by atoms with E-state index in [0.717, 1.165) is 24.2 Å². The van der Waals surface area contributed by atoms with Crippen LogP contribution in [-0.2, 0) is 9.59 Å². The lowest BCUT2D eigenvalue weighted by Crippen LogP contribution is -2.49. The number of nitrogen functional groups attached to an aromatic ring is 1. The van der Waals surface area contributed by atoms with Gasteiger partial charge in [0.2, 0.25) is 5.91 Å². The average Bonchev–Trinajstić information content (AvgIpc) is 2.74. The Balaban J connectivity index is 0.00000225. The van der Waals surface area contributed by atoms with Crippen molar-refractivity contribution < 1.29 is 14.4 Å². The molecule has 1 aromatic rings. The maximum Gasteiger partial charge on any atom is 0.327 e. The fourth-order valence-corrected chi connectivity index (χ4v) is 3.49. The molecule has 136 valence electrons. The molecular formula is C16H22ClN5O3. The zero-order chi connectivity index (χ0) is 17.3. The van der Waals surface area contributed by atoms with E-state index in [1.165, 1.54) is 11.1 Å². The number of urea groups is 1. The average molecular weight is 368 g/mol. The summed E-state index contributed by atoms with van der Waals surface area (Å²) in [4.78, 5) is 43.9. The highest BCUT2D eigenvalue weighted by molar-refractivity contribution is 6.10. The molecule has 2 aliphatic rings. The lowest BCUT2D eigenvalue weighted by molar-refractivity contribution is -0.136. The third-order valence-corrected chi connectivity index (χ3v) is 4.86. The van der Waals surface area contributed by atoms with E-state index in [1.54, 1.807) is 19.2 Å². The lowest BCUT2D eigenvalue weighted by atomic mass is 9.81. The number of aromatic nitrogens is 1. The van der Waals surface area contributed by atoms with Crippen molar-refractivity contribution in [3.63, 3.8) is 0 Å². The van der Waals surface area contributed by atoms with E-state index in [0.29, 0.717) is 24.3 Å². The van der Waals surface area contributed by atoms with Gasteiger partial charge in [0, 0.05) is 7.05 Å². The highest BCUT2D eigenvalue weighted by Crippen LogP contribution is 2.39. The number of nitrogens with zero attached hydrogens (tertiary/aromatic N) is 3. The first-order chi connectivity index (χ1) is 11.4. The summed E-state index contributed by atoms with van der Waals surface area (Å²) >= 11 is 0. The third kappa shape index (κ3) is 3.39. The Kier molecular flexibility index (Phi) is 5.52. The lowest BCUT2D eigenvalue weighted by Gasteiger charge is -2.35. The number of anilines is 2. The third-order valence-electron chi connectivity index (χ3n) is 4.86. The Labute approximate surface area is 152 Å². The van der Waals surface area contributed by atoms with Crippen LogP contribution in [0.5, 0.6) is 0 Å². The van der Waals surface area contributed by atoms with Crippen molar-refractivity contribution in [3.05, 3.63) is 18.3 Å². The van der Waals surface area contributed by atoms with E-state index in [9.17, 15) is 14.4 Å². The molecule has 0 radical (unpaired) electrons. The van der Waals surface area contributed by atoms with Gasteiger partial charge in [0.25, 0.3) is 5.91 Å². The molecule has 1 aliphatic heterocycles. The molecule has 3 rings (SSSR count). The van der Waals surface area contributed by atoms with Gasteiger partial charge in [0.05, 0.1) is 11.9 Å². The second-order valence-corrected chi connectivity index (χ2v) is 6.35. The number of hydrogen-bond donors (Lipinski definition) is 2. The van der Waals surface area contributed by atoms with Crippen LogP contribution in [-0.4, -0.2) is 51.8 Å². The van der Waals surface area contributed by atoms with Crippen LogP contribution >= 0.6 is 12.4 Å². The van der Waals surface area contributed by atoms with Gasteiger partial charge >= 0.3 is 6.03 Å². The molecule has 4 amide bonds. The van der Waals surface area contributed by atoms with Crippen LogP contribution < -0.4 is 11.1 Å². The van der Waals surface area contributed by atoms with Gasteiger partial charge < -0.3 is 16.0 Å². The molecule has 8 nitrogen and oxygen atoms in total. The number of halogens is 1. The SMILES string of the molecule is CN1C(=O)N(CC(=O)Nc2ccc(N)nc2)C(=O)C12CCCCC2.Cl. The predicted molar refractivity (Wildman–Crippen MR) is 95.2 cm³/mol. The van der Waals surface area contributed by atoms with Gasteiger partial charge in [-0.2, -0.15) is 0 Å². The van der Waals surface area contributed by atoms with Gasteiger partial charge in [-0.1, -0.05) is 19.3 Å². The Morgan fingerprint density at radius 1 is 1.28 bits per heavy atom. The van der Waals surface area contributed by atoms with Crippen LogP contribution in [0.3, 0.4) is 0 Å². The summed E-state index contributed by atoms with van der Waals surface area (Å²) < 4.78 is 0. The number of carbonyl (C=O) groups excluding carboxylic acids is 3. The summed E-state index contributed by atoms with van der Waals surface area (Å²) in [5.74, 6) is -0.358. The fraction of sp³-hybridized carbons (Fsp3) is 0.500. The van der Waals surface area contributed by atoms with Crippen LogP contribution in [0.1, 0.15) is 32.1 Å². The van der Waals surface area contributed by atoms with E-state index in [-0.39, 0.29) is 24.9 Å². The van der Waals surface area contributed by atoms with Crippen molar-refractivity contribution in [2.24, 2.45) is 0 Å². The van der Waals surface area contributed by atoms with Crippen LogP contribution in [0.2, 0.25) is 0 Å². The van der Waals surface area contributed by atoms with E-state index in [2.05, 4.69) is 10.3 Å². The summed E-state index contributed by atoms with van der Waals surface area (Å²) in [6.45, 7) is -0.297. The summed E-state index contributed by atoms with van der Waals surface area (Å²) in [7, 11) is 1.65. The van der Waals surface area contributed by atoms with Crippen molar-refractivity contribution >= 4 is 41.8 Å². The molecule has 0 atom stereocenters. The van der Waals surface area contributed by atoms with Crippen molar-refractivity contribution in [1.29, 1.82) is 0 Å². The number of rotatable bonds is 3. The molecule has 1 spiro atoms. The molecule has 1 saturated heterocycles. The molecule has 25 heavy (non-hydrogen) atoms. The molecule has 0 aromatic carbocycles. The van der Waals surface area contributed by atoms with Gasteiger partial charge in [0.15, 0.2) is 0 Å². The topological polar surface area (TPSA) is 109 Å². The fourth-order valence-electron chi connectivity index (χ4n) is 3.49. The van der Waals surface area contributed by atoms with Gasteiger partial charge in [-0.15, -0.1) is 12.4 Å². The maximum atomic E-state index is 12.8. The normalized spacial score (nSPS) is 19.1. The largest absolute Gasteiger partial charge is 0.384 e. The minimum atomic E-state index is -0.766. The van der Waals surface area contributed by atoms with E-state index in [1.807, 2.05) is 0 Å². The summed E-state index contributed by atoms with van der Waals surface area (Å²) in [6, 6.07) is 2.77. The molecule has 1 aliphatic carbocycles. The van der Waals surface area contributed by atoms with E-state index in [4.69, 9.17) is 5.73 Å². The van der Waals surface area contributed by atoms with E-state index < -0.39 is 17.5 Å². The number of hydrogen-bond acceptors (Lipinski definition) is 5. The van der Waals surface area contributed by atoms with Crippen LogP contribution in [0.4, 0.5) is 16.3 Å². The molecule has 2 fully saturated rings. The number of nitrogens with one attached hydrogen (secondary N) is 1. The Bertz CT molecular complexity index is 673. The number of carbonyl (C=O) groups is 3. The van der Waals surface area contributed by atoms with Gasteiger partial charge in [-0.25, -0.2) is 9.78 Å². The minimum Gasteiger partial charge on any atom is -0.384 e. The van der Waals surface area contributed by atoms with Gasteiger partial charge in [-0.05, 0) is 25.0 Å². The summed E-state index contributed by atoms with van der Waals surface area (Å²) in [5, 5.41) is 2.62. The Morgan fingerprint density at radius 3 is 2.56 bits per heavy atom. The first-order valence-corrected chi connectivity index (χ1v) is 8.05. The maximum absolute atomic E-state index is 12.8. The highest BCUT2D eigenvalue weighted by Gasteiger charge is 2.55. The molecule has 9 heteroatoms. The monoisotopic (exact) mass is 367 g/mol. The van der Waals surface area contributed by atoms with Gasteiger partial charge in [0.1, 0.15) is 17.9 Å². The second-order valence-electron chi connectivity index (χ2n) is 6.35. The molecule has 2 heterocycles. The van der Waals surface area contributed by atoms with Crippen molar-refractivity contribution in [2.45, 2.75) is 37.6 Å². The first kappa shape index (κ1) is 19.0. The number of likely N-dealkylation sites (N-methyl/N-ethyl adjacent to an activating group) is 1. The molecule has 1 saturated carbocycles.